The fraction of sp³-hybridized carbons (Fsp3) is 0.385. The van der Waals surface area contributed by atoms with Crippen LogP contribution >= 0.6 is 0 Å². The first kappa shape index (κ1) is 18.3. The molecule has 0 aliphatic carbocycles. The average molecular weight is 374 g/mol. The molecule has 2 rings (SSSR count). The van der Waals surface area contributed by atoms with Crippen molar-refractivity contribution in [3.8, 4) is 5.75 Å². The maximum atomic E-state index is 11.0. The summed E-state index contributed by atoms with van der Waals surface area (Å²) < 4.78 is 28.4. The Morgan fingerprint density at radius 1 is 1.32 bits per heavy atom. The number of carbonyl (C=O) groups excluding carboxylic acids is 2. The van der Waals surface area contributed by atoms with Crippen molar-refractivity contribution in [3.63, 3.8) is 0 Å². The minimum Gasteiger partial charge on any atom is -0.356 e. The summed E-state index contributed by atoms with van der Waals surface area (Å²) in [5.41, 5.74) is -0.00951. The molecule has 1 fully saturated rings. The van der Waals surface area contributed by atoms with Gasteiger partial charge in [-0.15, -0.1) is 0 Å². The zero-order chi connectivity index (χ0) is 16.8. The van der Waals surface area contributed by atoms with Gasteiger partial charge in [-0.1, -0.05) is 0 Å². The number of benzene rings is 1. The van der Waals surface area contributed by atoms with Gasteiger partial charge in [-0.25, -0.2) is 0 Å². The third-order valence-electron chi connectivity index (χ3n) is 2.79. The van der Waals surface area contributed by atoms with Crippen LogP contribution in [0, 0.1) is 0 Å². The second kappa shape index (κ2) is 8.03. The molecule has 2 amide bonds. The summed E-state index contributed by atoms with van der Waals surface area (Å²) in [4.78, 5) is 21.1. The minimum atomic E-state index is -5.15. The van der Waals surface area contributed by atoms with Crippen LogP contribution in [-0.4, -0.2) is 45.8 Å². The van der Waals surface area contributed by atoms with Crippen LogP contribution < -0.4 is 15.0 Å². The van der Waals surface area contributed by atoms with Gasteiger partial charge in [0.15, 0.2) is 0 Å². The maximum absolute atomic E-state index is 11.0. The number of anilines is 1. The molecule has 0 saturated carbocycles. The van der Waals surface area contributed by atoms with E-state index in [9.17, 15) is 18.4 Å². The second-order valence-electron chi connectivity index (χ2n) is 4.71. The molecule has 8 nitrogen and oxygen atoms in total. The summed E-state index contributed by atoms with van der Waals surface area (Å²) in [6.45, 7) is 2.12. The van der Waals surface area contributed by atoms with Gasteiger partial charge in [-0.05, 0) is 12.8 Å². The maximum Gasteiger partial charge on any atom is 0.219 e. The molecule has 1 aromatic rings. The van der Waals surface area contributed by atoms with Gasteiger partial charge in [0.2, 0.25) is 5.91 Å². The van der Waals surface area contributed by atoms with Crippen molar-refractivity contribution in [1.29, 1.82) is 0 Å². The Balaban J connectivity index is 0.000000287. The second-order valence-corrected chi connectivity index (χ2v) is 8.00. The Morgan fingerprint density at radius 3 is 2.41 bits per heavy atom. The van der Waals surface area contributed by atoms with E-state index in [1.807, 2.05) is 0 Å². The number of carbonyl (C=O) groups is 2. The third kappa shape index (κ3) is 5.93. The molecule has 5 N–H and O–H groups in total. The molecular formula is C13H19AsN2O6. The van der Waals surface area contributed by atoms with Crippen LogP contribution in [-0.2, 0) is 13.3 Å². The summed E-state index contributed by atoms with van der Waals surface area (Å²) in [6, 6.07) is 3.83. The molecule has 9 heteroatoms. The molecule has 0 radical (unpaired) electrons. The van der Waals surface area contributed by atoms with Crippen LogP contribution in [0.1, 0.15) is 26.2 Å². The first-order valence-electron chi connectivity index (χ1n) is 6.64. The van der Waals surface area contributed by atoms with Crippen LogP contribution in [0.3, 0.4) is 0 Å². The van der Waals surface area contributed by atoms with Crippen molar-refractivity contribution < 1.29 is 26.6 Å². The van der Waals surface area contributed by atoms with E-state index in [4.69, 9.17) is 8.19 Å². The quantitative estimate of drug-likeness (QED) is 0.340. The van der Waals surface area contributed by atoms with E-state index in [1.54, 1.807) is 0 Å². The summed E-state index contributed by atoms with van der Waals surface area (Å²) in [7, 11) is 0. The monoisotopic (exact) mass is 374 g/mol. The van der Waals surface area contributed by atoms with Crippen molar-refractivity contribution in [2.45, 2.75) is 26.2 Å². The predicted molar refractivity (Wildman–Crippen MR) is 79.8 cm³/mol. The van der Waals surface area contributed by atoms with Crippen LogP contribution in [0.25, 0.3) is 0 Å². The number of amides is 2. The SMILES string of the molecule is CC(=O)Nc1cccc([As](=O)(O)O)c1O.O=C1CCCCN1. The van der Waals surface area contributed by atoms with E-state index in [-0.39, 0.29) is 11.6 Å². The molecule has 22 heavy (non-hydrogen) atoms. The first-order valence-corrected chi connectivity index (χ1v) is 10.0. The molecule has 1 heterocycles. The van der Waals surface area contributed by atoms with Crippen molar-refractivity contribution in [3.05, 3.63) is 18.2 Å². The predicted octanol–water partition coefficient (Wildman–Crippen LogP) is -0.802. The Kier molecular flexibility index (Phi) is 6.67. The number of phenols is 1. The Morgan fingerprint density at radius 2 is 2.00 bits per heavy atom. The summed E-state index contributed by atoms with van der Waals surface area (Å²) in [5, 5.41) is 14.5. The number of nitrogens with one attached hydrogen (secondary N) is 2. The van der Waals surface area contributed by atoms with Crippen LogP contribution in [0.2, 0.25) is 0 Å². The van der Waals surface area contributed by atoms with Gasteiger partial charge in [0.05, 0.1) is 0 Å². The van der Waals surface area contributed by atoms with E-state index >= 15 is 0 Å². The van der Waals surface area contributed by atoms with Crippen LogP contribution in [0.15, 0.2) is 18.2 Å². The van der Waals surface area contributed by atoms with Gasteiger partial charge in [-0.3, -0.25) is 4.79 Å². The smallest absolute Gasteiger partial charge is 0.219 e. The Bertz CT molecular complexity index is 590. The molecule has 1 aromatic carbocycles. The van der Waals surface area contributed by atoms with E-state index in [1.165, 1.54) is 19.1 Å². The summed E-state index contributed by atoms with van der Waals surface area (Å²) >= 11 is -5.15. The number of aromatic hydroxyl groups is 1. The number of rotatable bonds is 2. The molecular weight excluding hydrogens is 355 g/mol. The minimum absolute atomic E-state index is 0.00951. The standard InChI is InChI=1S/C8H10AsNO5.C5H9NO/c1-5(11)10-7-4-2-3-6(8(7)12)9(13,14)15;7-5-3-1-2-4-6-5/h2-4,12H,1H3,(H,10,11)(H2,13,14,15);1-4H2,(H,6,7). The van der Waals surface area contributed by atoms with Crippen molar-refractivity contribution in [1.82, 2.24) is 5.32 Å². The van der Waals surface area contributed by atoms with E-state index in [0.29, 0.717) is 0 Å². The van der Waals surface area contributed by atoms with Crippen molar-refractivity contribution >= 4 is 36.0 Å². The zero-order valence-electron chi connectivity index (χ0n) is 12.1. The third-order valence-corrected chi connectivity index (χ3v) is 4.87. The molecule has 1 saturated heterocycles. The number of hydrogen-bond acceptors (Lipinski definition) is 4. The zero-order valence-corrected chi connectivity index (χ0v) is 14.0. The van der Waals surface area contributed by atoms with E-state index in [0.717, 1.165) is 31.9 Å². The van der Waals surface area contributed by atoms with E-state index < -0.39 is 30.2 Å². The van der Waals surface area contributed by atoms with E-state index in [2.05, 4.69) is 10.6 Å². The fourth-order valence-corrected chi connectivity index (χ4v) is 3.20. The Hall–Kier alpha value is -1.76. The summed E-state index contributed by atoms with van der Waals surface area (Å²) in [5.74, 6) is -0.799. The van der Waals surface area contributed by atoms with Gasteiger partial charge in [0.25, 0.3) is 0 Å². The molecule has 1 aliphatic rings. The molecule has 0 bridgehead atoms. The largest absolute Gasteiger partial charge is 0.356 e. The van der Waals surface area contributed by atoms with Crippen LogP contribution in [0.5, 0.6) is 5.75 Å². The van der Waals surface area contributed by atoms with Crippen molar-refractivity contribution in [2.24, 2.45) is 0 Å². The summed E-state index contributed by atoms with van der Waals surface area (Å²) in [6.07, 6.45) is 2.97. The fourth-order valence-electron chi connectivity index (χ4n) is 1.78. The molecule has 0 atom stereocenters. The number of phenolic OH excluding ortho intramolecular Hbond substituents is 1. The van der Waals surface area contributed by atoms with Gasteiger partial charge in [-0.2, -0.15) is 0 Å². The number of hydrogen-bond donors (Lipinski definition) is 5. The normalized spacial score (nSPS) is 14.4. The topological polar surface area (TPSA) is 136 Å². The molecule has 0 spiro atoms. The van der Waals surface area contributed by atoms with Gasteiger partial charge in [0, 0.05) is 13.0 Å². The van der Waals surface area contributed by atoms with Crippen LogP contribution in [0.4, 0.5) is 5.69 Å². The number of para-hydroxylation sites is 1. The average Bonchev–Trinajstić information content (AvgIpc) is 2.41. The molecule has 1 aliphatic heterocycles. The number of piperidine rings is 1. The van der Waals surface area contributed by atoms with Crippen molar-refractivity contribution in [2.75, 3.05) is 11.9 Å². The van der Waals surface area contributed by atoms with Gasteiger partial charge in [0.1, 0.15) is 0 Å². The van der Waals surface area contributed by atoms with Gasteiger partial charge < -0.3 is 5.32 Å². The Labute approximate surface area is 130 Å². The molecule has 0 unspecified atom stereocenters. The first-order chi connectivity index (χ1) is 10.2. The molecule has 122 valence electrons. The van der Waals surface area contributed by atoms with Gasteiger partial charge >= 0.3 is 88.1 Å². The molecule has 0 aromatic heterocycles.